The number of ether oxygens (including phenoxy) is 2. The van der Waals surface area contributed by atoms with E-state index in [-0.39, 0.29) is 61.9 Å². The zero-order chi connectivity index (χ0) is 29.3. The fourth-order valence-corrected chi connectivity index (χ4v) is 6.39. The van der Waals surface area contributed by atoms with Crippen LogP contribution in [0.2, 0.25) is 0 Å². The Bertz CT molecular complexity index is 1840. The lowest BCUT2D eigenvalue weighted by Gasteiger charge is -2.34. The smallest absolute Gasteiger partial charge is 0.413 e. The predicted molar refractivity (Wildman–Crippen MR) is 149 cm³/mol. The lowest BCUT2D eigenvalue weighted by atomic mass is 10.0. The Hall–Kier alpha value is -3.72. The van der Waals surface area contributed by atoms with Gasteiger partial charge in [0, 0.05) is 18.4 Å². The number of carbonyl (C=O) groups excluding carboxylic acids is 1. The third-order valence-corrected chi connectivity index (χ3v) is 8.54. The third-order valence-electron chi connectivity index (χ3n) is 6.71. The molecular weight excluding hydrogens is 578 g/mol. The second-order valence-corrected chi connectivity index (χ2v) is 13.9. The van der Waals surface area contributed by atoms with Gasteiger partial charge in [0.1, 0.15) is 40.4 Å². The van der Waals surface area contributed by atoms with Crippen LogP contribution in [0, 0.1) is 11.6 Å². The van der Waals surface area contributed by atoms with Crippen molar-refractivity contribution in [2.45, 2.75) is 56.8 Å². The molecule has 1 atom stereocenters. The van der Waals surface area contributed by atoms with Crippen molar-refractivity contribution in [1.82, 2.24) is 19.9 Å². The van der Waals surface area contributed by atoms with Gasteiger partial charge in [-0.15, -0.1) is 0 Å². The van der Waals surface area contributed by atoms with Crippen LogP contribution in [-0.4, -0.2) is 65.5 Å². The maximum atomic E-state index is 16.4. The third kappa shape index (κ3) is 5.01. The molecule has 1 N–H and O–H groups in total. The number of piperidine rings is 1. The first-order chi connectivity index (χ1) is 19.3. The van der Waals surface area contributed by atoms with Gasteiger partial charge in [-0.2, -0.15) is 0 Å². The van der Waals surface area contributed by atoms with Crippen LogP contribution >= 0.6 is 11.3 Å². The minimum absolute atomic E-state index is 0.0389. The summed E-state index contributed by atoms with van der Waals surface area (Å²) in [5.74, 6) is -1.26. The largest absolute Gasteiger partial charge is 0.475 e. The molecule has 5 heterocycles. The first-order valence-electron chi connectivity index (χ1n) is 12.9. The quantitative estimate of drug-likeness (QED) is 0.315. The van der Waals surface area contributed by atoms with Gasteiger partial charge in [-0.05, 0) is 52.2 Å². The number of thiazole rings is 1. The van der Waals surface area contributed by atoms with E-state index in [4.69, 9.17) is 9.47 Å². The molecule has 0 unspecified atom stereocenters. The lowest BCUT2D eigenvalue weighted by Crippen LogP contribution is -2.43. The molecule has 2 aliphatic rings. The summed E-state index contributed by atoms with van der Waals surface area (Å²) in [6.45, 7) is 5.92. The highest BCUT2D eigenvalue weighted by atomic mass is 32.2. The van der Waals surface area contributed by atoms with Crippen molar-refractivity contribution in [2.75, 3.05) is 29.6 Å². The topological polar surface area (TPSA) is 136 Å². The minimum Gasteiger partial charge on any atom is -0.475 e. The number of hydrogen-bond donors (Lipinski definition) is 1. The molecule has 4 aromatic rings. The van der Waals surface area contributed by atoms with Crippen molar-refractivity contribution in [3.63, 3.8) is 0 Å². The first kappa shape index (κ1) is 27.4. The van der Waals surface area contributed by atoms with Crippen LogP contribution in [0.5, 0.6) is 5.88 Å². The van der Waals surface area contributed by atoms with E-state index in [1.165, 1.54) is 6.07 Å². The summed E-state index contributed by atoms with van der Waals surface area (Å²) in [6.07, 6.45) is 2.78. The van der Waals surface area contributed by atoms with Gasteiger partial charge in [0.05, 0.1) is 16.3 Å². The number of fused-ring (bicyclic) bond motifs is 3. The van der Waals surface area contributed by atoms with Crippen molar-refractivity contribution in [3.05, 3.63) is 23.8 Å². The second kappa shape index (κ2) is 9.69. The van der Waals surface area contributed by atoms with Gasteiger partial charge in [-0.25, -0.2) is 41.9 Å². The SMILES string of the molecule is CC(C)(C)OC(=O)Nc1nc2c(-c3nc4c5c(nc(S(C)(=O)=O)nc5c3F)N3CCCC[C@H]3CO4)ccc(F)c2s1. The molecule has 41 heavy (non-hydrogen) atoms. The van der Waals surface area contributed by atoms with Gasteiger partial charge < -0.3 is 14.4 Å². The average Bonchev–Trinajstić information content (AvgIpc) is 3.24. The van der Waals surface area contributed by atoms with Crippen LogP contribution in [0.1, 0.15) is 40.0 Å². The summed E-state index contributed by atoms with van der Waals surface area (Å²) >= 11 is 0.852. The van der Waals surface area contributed by atoms with Gasteiger partial charge in [-0.3, -0.25) is 5.32 Å². The van der Waals surface area contributed by atoms with Gasteiger partial charge >= 0.3 is 6.09 Å². The van der Waals surface area contributed by atoms with Crippen molar-refractivity contribution >= 4 is 59.3 Å². The van der Waals surface area contributed by atoms with Crippen LogP contribution in [-0.2, 0) is 14.6 Å². The molecular formula is C26H26F2N6O5S2. The van der Waals surface area contributed by atoms with Crippen LogP contribution < -0.4 is 15.0 Å². The van der Waals surface area contributed by atoms with E-state index >= 15 is 4.39 Å². The Kier molecular flexibility index (Phi) is 6.48. The number of amides is 1. The second-order valence-electron chi connectivity index (χ2n) is 11.0. The van der Waals surface area contributed by atoms with E-state index in [1.807, 2.05) is 4.90 Å². The number of carbonyl (C=O) groups is 1. The number of pyridine rings is 1. The summed E-state index contributed by atoms with van der Waals surface area (Å²) < 4.78 is 67.7. The molecule has 1 fully saturated rings. The van der Waals surface area contributed by atoms with Crippen LogP contribution in [0.15, 0.2) is 17.3 Å². The van der Waals surface area contributed by atoms with E-state index in [1.54, 1.807) is 20.8 Å². The number of aromatic nitrogens is 4. The molecule has 1 aromatic carbocycles. The number of sulfone groups is 1. The molecule has 0 aliphatic carbocycles. The van der Waals surface area contributed by atoms with Crippen molar-refractivity contribution in [2.24, 2.45) is 0 Å². The zero-order valence-electron chi connectivity index (χ0n) is 22.6. The summed E-state index contributed by atoms with van der Waals surface area (Å²) in [7, 11) is -3.91. The molecule has 11 nitrogen and oxygen atoms in total. The Morgan fingerprint density at radius 3 is 2.66 bits per heavy atom. The molecule has 0 bridgehead atoms. The van der Waals surface area contributed by atoms with Gasteiger partial charge in [0.2, 0.25) is 20.9 Å². The fourth-order valence-electron chi connectivity index (χ4n) is 5.00. The van der Waals surface area contributed by atoms with Crippen LogP contribution in [0.25, 0.3) is 32.4 Å². The molecule has 216 valence electrons. The fraction of sp³-hybridized carbons (Fsp3) is 0.423. The zero-order valence-corrected chi connectivity index (χ0v) is 24.3. The Labute approximate surface area is 237 Å². The molecule has 15 heteroatoms. The highest BCUT2D eigenvalue weighted by Gasteiger charge is 2.35. The number of rotatable bonds is 3. The number of nitrogens with one attached hydrogen (secondary N) is 1. The number of hydrogen-bond acceptors (Lipinski definition) is 11. The van der Waals surface area contributed by atoms with Gasteiger partial charge in [0.25, 0.3) is 0 Å². The lowest BCUT2D eigenvalue weighted by molar-refractivity contribution is 0.0636. The molecule has 1 saturated heterocycles. The number of halogens is 2. The Morgan fingerprint density at radius 2 is 1.93 bits per heavy atom. The van der Waals surface area contributed by atoms with E-state index in [0.29, 0.717) is 6.54 Å². The van der Waals surface area contributed by atoms with Crippen molar-refractivity contribution < 1.29 is 31.5 Å². The number of anilines is 2. The Balaban J connectivity index is 1.56. The van der Waals surface area contributed by atoms with Gasteiger partial charge in [-0.1, -0.05) is 11.3 Å². The van der Waals surface area contributed by atoms with E-state index < -0.39 is 38.3 Å². The summed E-state index contributed by atoms with van der Waals surface area (Å²) in [5, 5.41) is 2.18. The summed E-state index contributed by atoms with van der Waals surface area (Å²) in [4.78, 5) is 31.5. The molecule has 0 saturated carbocycles. The summed E-state index contributed by atoms with van der Waals surface area (Å²) in [6, 6.07) is 2.36. The Morgan fingerprint density at radius 1 is 1.15 bits per heavy atom. The van der Waals surface area contributed by atoms with Crippen LogP contribution in [0.4, 0.5) is 24.5 Å². The predicted octanol–water partition coefficient (Wildman–Crippen LogP) is 5.08. The first-order valence-corrected chi connectivity index (χ1v) is 15.6. The monoisotopic (exact) mass is 604 g/mol. The normalized spacial score (nSPS) is 17.2. The van der Waals surface area contributed by atoms with Crippen molar-refractivity contribution in [3.8, 4) is 17.1 Å². The number of nitrogens with zero attached hydrogens (tertiary/aromatic N) is 5. The van der Waals surface area contributed by atoms with Crippen molar-refractivity contribution in [1.29, 1.82) is 0 Å². The highest BCUT2D eigenvalue weighted by Crippen LogP contribution is 2.43. The summed E-state index contributed by atoms with van der Waals surface area (Å²) in [5.41, 5.74) is -1.15. The maximum Gasteiger partial charge on any atom is 0.413 e. The van der Waals surface area contributed by atoms with E-state index in [2.05, 4.69) is 25.3 Å². The maximum absolute atomic E-state index is 16.4. The van der Waals surface area contributed by atoms with Crippen LogP contribution in [0.3, 0.4) is 0 Å². The standard InChI is InChI=1S/C26H26F2N6O5S2/c1-26(2,3)39-25(35)33-23-30-18-13(8-9-14(27)20(18)40-23)17-16(28)19-15-21(32-24(31-19)41(4,36)37)34-10-6-5-7-12(34)11-38-22(15)29-17/h8-9,12H,5-7,10-11H2,1-4H3,(H,30,33,35)/t12-/m0/s1. The van der Waals surface area contributed by atoms with E-state index in [0.717, 1.165) is 42.9 Å². The van der Waals surface area contributed by atoms with Gasteiger partial charge in [0.15, 0.2) is 10.9 Å². The molecule has 1 amide bonds. The highest BCUT2D eigenvalue weighted by molar-refractivity contribution is 7.90. The molecule has 6 rings (SSSR count). The minimum atomic E-state index is -3.91. The molecule has 0 radical (unpaired) electrons. The molecule has 2 aliphatic heterocycles. The molecule has 3 aromatic heterocycles. The number of benzene rings is 1. The molecule has 0 spiro atoms. The van der Waals surface area contributed by atoms with E-state index in [9.17, 15) is 17.6 Å². The average molecular weight is 605 g/mol.